The highest BCUT2D eigenvalue weighted by molar-refractivity contribution is 5.39. The van der Waals surface area contributed by atoms with Crippen molar-refractivity contribution in [2.45, 2.75) is 63.8 Å². The van der Waals surface area contributed by atoms with Crippen LogP contribution in [0, 0.1) is 0 Å². The molecule has 0 N–H and O–H groups in total. The van der Waals surface area contributed by atoms with Crippen LogP contribution in [0.5, 0.6) is 0 Å². The van der Waals surface area contributed by atoms with Gasteiger partial charge in [0.25, 0.3) is 5.56 Å². The maximum atomic E-state index is 12.8. The molecular weight excluding hydrogens is 366 g/mol. The molecule has 2 fully saturated rings. The van der Waals surface area contributed by atoms with Crippen molar-refractivity contribution in [3.63, 3.8) is 0 Å². The van der Waals surface area contributed by atoms with Gasteiger partial charge in [0.2, 0.25) is 0 Å². The third-order valence-electron chi connectivity index (χ3n) is 6.01. The zero-order valence-corrected chi connectivity index (χ0v) is 17.2. The molecule has 0 amide bonds. The second-order valence-electron chi connectivity index (χ2n) is 9.25. The van der Waals surface area contributed by atoms with E-state index >= 15 is 0 Å². The Morgan fingerprint density at radius 1 is 1.03 bits per heavy atom. The predicted octanol–water partition coefficient (Wildman–Crippen LogP) is 2.70. The number of piperidine rings is 1. The average molecular weight is 393 g/mol. The van der Waals surface area contributed by atoms with Crippen LogP contribution in [0.25, 0.3) is 5.65 Å². The minimum atomic E-state index is -0.0282. The van der Waals surface area contributed by atoms with E-state index in [-0.39, 0.29) is 16.9 Å². The predicted molar refractivity (Wildman–Crippen MR) is 110 cm³/mol. The molecule has 1 aliphatic carbocycles. The van der Waals surface area contributed by atoms with Crippen LogP contribution >= 0.6 is 0 Å². The summed E-state index contributed by atoms with van der Waals surface area (Å²) in [5.74, 6) is 1.78. The fourth-order valence-electron chi connectivity index (χ4n) is 4.08. The van der Waals surface area contributed by atoms with Crippen LogP contribution in [0.15, 0.2) is 29.3 Å². The largest absolute Gasteiger partial charge is 0.352 e. The van der Waals surface area contributed by atoms with Crippen molar-refractivity contribution in [2.24, 2.45) is 0 Å². The van der Waals surface area contributed by atoms with Crippen molar-refractivity contribution in [1.29, 1.82) is 0 Å². The van der Waals surface area contributed by atoms with Crippen LogP contribution < -0.4 is 10.5 Å². The van der Waals surface area contributed by atoms with Gasteiger partial charge >= 0.3 is 0 Å². The normalized spacial score (nSPS) is 18.5. The molecule has 1 saturated heterocycles. The van der Waals surface area contributed by atoms with Crippen LogP contribution in [-0.4, -0.2) is 42.5 Å². The molecule has 0 unspecified atom stereocenters. The van der Waals surface area contributed by atoms with Crippen molar-refractivity contribution in [1.82, 2.24) is 29.4 Å². The summed E-state index contributed by atoms with van der Waals surface area (Å²) in [4.78, 5) is 19.3. The second-order valence-corrected chi connectivity index (χ2v) is 9.25. The Morgan fingerprint density at radius 3 is 2.48 bits per heavy atom. The summed E-state index contributed by atoms with van der Waals surface area (Å²) in [5, 5.41) is 13.6. The van der Waals surface area contributed by atoms with Crippen LogP contribution in [0.2, 0.25) is 0 Å². The summed E-state index contributed by atoms with van der Waals surface area (Å²) in [6, 6.07) is 4.39. The summed E-state index contributed by atoms with van der Waals surface area (Å²) in [5.41, 5.74) is 1.82. The highest BCUT2D eigenvalue weighted by Crippen LogP contribution is 2.34. The molecule has 1 saturated carbocycles. The first-order chi connectivity index (χ1) is 13.9. The Balaban J connectivity index is 1.37. The van der Waals surface area contributed by atoms with Crippen LogP contribution in [0.4, 0.5) is 5.82 Å². The molecular formula is C21H27N7O. The number of fused-ring (bicyclic) bond motifs is 1. The number of hydrogen-bond donors (Lipinski definition) is 0. The lowest BCUT2D eigenvalue weighted by atomic mass is 9.92. The lowest BCUT2D eigenvalue weighted by Crippen LogP contribution is -2.39. The van der Waals surface area contributed by atoms with Gasteiger partial charge in [-0.2, -0.15) is 9.61 Å². The molecule has 0 radical (unpaired) electrons. The molecule has 0 aromatic carbocycles. The summed E-state index contributed by atoms with van der Waals surface area (Å²) in [7, 11) is 0. The summed E-state index contributed by atoms with van der Waals surface area (Å²) in [6.45, 7) is 8.05. The van der Waals surface area contributed by atoms with E-state index in [2.05, 4.69) is 40.9 Å². The van der Waals surface area contributed by atoms with Gasteiger partial charge in [-0.05, 0) is 37.8 Å². The molecule has 5 rings (SSSR count). The van der Waals surface area contributed by atoms with Gasteiger partial charge < -0.3 is 9.47 Å². The van der Waals surface area contributed by atoms with E-state index in [4.69, 9.17) is 5.10 Å². The first-order valence-corrected chi connectivity index (χ1v) is 10.5. The molecule has 3 aromatic heterocycles. The maximum Gasteiger partial charge on any atom is 0.293 e. The van der Waals surface area contributed by atoms with E-state index in [1.54, 1.807) is 6.20 Å². The van der Waals surface area contributed by atoms with Gasteiger partial charge in [-0.3, -0.25) is 4.79 Å². The van der Waals surface area contributed by atoms with Crippen molar-refractivity contribution < 1.29 is 0 Å². The fraction of sp³-hybridized carbons (Fsp3) is 0.571. The summed E-state index contributed by atoms with van der Waals surface area (Å²) < 4.78 is 3.75. The molecule has 4 heterocycles. The van der Waals surface area contributed by atoms with Gasteiger partial charge in [0.05, 0.1) is 5.69 Å². The second kappa shape index (κ2) is 6.64. The standard InChI is InChI=1S/C21H27N7O/c1-21(2,3)16-6-7-17-23-24-18(28(17)25-16)14-8-11-26(12-9-14)19-20(29)27(13-10-22-19)15-4-5-15/h6-7,10,13-15H,4-5,8-9,11-12H2,1-3H3. The SMILES string of the molecule is CC(C)(C)c1ccc2nnc(C3CCN(c4nccn(C5CC5)c4=O)CC3)n2n1. The fourth-order valence-corrected chi connectivity index (χ4v) is 4.08. The zero-order valence-electron chi connectivity index (χ0n) is 17.2. The van der Waals surface area contributed by atoms with Gasteiger partial charge in [0.15, 0.2) is 17.3 Å². The van der Waals surface area contributed by atoms with E-state index in [0.717, 1.165) is 55.9 Å². The summed E-state index contributed by atoms with van der Waals surface area (Å²) >= 11 is 0. The van der Waals surface area contributed by atoms with Crippen molar-refractivity contribution >= 4 is 11.5 Å². The molecule has 0 atom stereocenters. The Hall–Kier alpha value is -2.77. The van der Waals surface area contributed by atoms with Crippen molar-refractivity contribution in [2.75, 3.05) is 18.0 Å². The van der Waals surface area contributed by atoms with Crippen LogP contribution in [-0.2, 0) is 5.41 Å². The Morgan fingerprint density at radius 2 is 1.79 bits per heavy atom. The van der Waals surface area contributed by atoms with E-state index in [9.17, 15) is 4.79 Å². The van der Waals surface area contributed by atoms with E-state index in [1.165, 1.54) is 0 Å². The molecule has 0 spiro atoms. The minimum absolute atomic E-state index is 0.0282. The van der Waals surface area contributed by atoms with E-state index in [1.807, 2.05) is 27.4 Å². The Bertz CT molecular complexity index is 1100. The molecule has 8 nitrogen and oxygen atoms in total. The van der Waals surface area contributed by atoms with Gasteiger partial charge in [0, 0.05) is 42.9 Å². The van der Waals surface area contributed by atoms with Crippen molar-refractivity contribution in [3.8, 4) is 0 Å². The first kappa shape index (κ1) is 18.3. The number of hydrogen-bond acceptors (Lipinski definition) is 6. The van der Waals surface area contributed by atoms with Crippen LogP contribution in [0.3, 0.4) is 0 Å². The highest BCUT2D eigenvalue weighted by atomic mass is 16.1. The zero-order chi connectivity index (χ0) is 20.2. The Kier molecular flexibility index (Phi) is 4.18. The highest BCUT2D eigenvalue weighted by Gasteiger charge is 2.30. The molecule has 3 aromatic rings. The van der Waals surface area contributed by atoms with E-state index in [0.29, 0.717) is 11.9 Å². The summed E-state index contributed by atoms with van der Waals surface area (Å²) in [6.07, 6.45) is 7.56. The van der Waals surface area contributed by atoms with E-state index < -0.39 is 0 Å². The van der Waals surface area contributed by atoms with Crippen molar-refractivity contribution in [3.05, 3.63) is 46.4 Å². The smallest absolute Gasteiger partial charge is 0.293 e. The van der Waals surface area contributed by atoms with Gasteiger partial charge in [-0.1, -0.05) is 20.8 Å². The van der Waals surface area contributed by atoms with Gasteiger partial charge in [-0.15, -0.1) is 10.2 Å². The third-order valence-corrected chi connectivity index (χ3v) is 6.01. The maximum absolute atomic E-state index is 12.8. The minimum Gasteiger partial charge on any atom is -0.352 e. The number of nitrogens with zero attached hydrogens (tertiary/aromatic N) is 7. The molecule has 1 aliphatic heterocycles. The van der Waals surface area contributed by atoms with Crippen LogP contribution in [0.1, 0.15) is 69.9 Å². The van der Waals surface area contributed by atoms with Gasteiger partial charge in [-0.25, -0.2) is 4.98 Å². The lowest BCUT2D eigenvalue weighted by molar-refractivity contribution is 0.468. The number of rotatable bonds is 3. The Labute approximate surface area is 169 Å². The number of anilines is 1. The lowest BCUT2D eigenvalue weighted by Gasteiger charge is -2.31. The number of aromatic nitrogens is 6. The molecule has 29 heavy (non-hydrogen) atoms. The van der Waals surface area contributed by atoms with Gasteiger partial charge in [0.1, 0.15) is 0 Å². The molecule has 152 valence electrons. The molecule has 0 bridgehead atoms. The molecule has 2 aliphatic rings. The average Bonchev–Trinajstić information content (AvgIpc) is 3.46. The quantitative estimate of drug-likeness (QED) is 0.681. The monoisotopic (exact) mass is 393 g/mol. The topological polar surface area (TPSA) is 81.2 Å². The molecule has 8 heteroatoms. The first-order valence-electron chi connectivity index (χ1n) is 10.5. The third kappa shape index (κ3) is 3.30.